The highest BCUT2D eigenvalue weighted by Gasteiger charge is 2.78. The second-order valence-corrected chi connectivity index (χ2v) is 12.3. The van der Waals surface area contributed by atoms with E-state index in [0.717, 1.165) is 0 Å². The molecule has 46 heavy (non-hydrogen) atoms. The average molecular weight is 632 g/mol. The van der Waals surface area contributed by atoms with Gasteiger partial charge in [-0.15, -0.1) is 13.2 Å². The number of unbranched alkanes of at least 4 members (excludes halogenated alkanes) is 1. The number of carbonyl (C=O) groups excluding carboxylic acids is 3. The number of hydrogen-bond acceptors (Lipinski definition) is 7. The number of ether oxygens (including phenoxy) is 3. The summed E-state index contributed by atoms with van der Waals surface area (Å²) >= 11 is 0. The van der Waals surface area contributed by atoms with Crippen molar-refractivity contribution in [2.24, 2.45) is 11.8 Å². The van der Waals surface area contributed by atoms with Crippen LogP contribution >= 0.6 is 0 Å². The summed E-state index contributed by atoms with van der Waals surface area (Å²) in [6.07, 6.45) is 5.27. The number of likely N-dealkylation sites (tertiary alicyclic amines) is 1. The second kappa shape index (κ2) is 13.7. The number of hydrogen-bond donors (Lipinski definition) is 1. The molecule has 0 aromatic heterocycles. The summed E-state index contributed by atoms with van der Waals surface area (Å²) in [4.78, 5) is 48.7. The largest absolute Gasteiger partial charge is 0.497 e. The molecule has 3 saturated heterocycles. The van der Waals surface area contributed by atoms with Crippen molar-refractivity contribution in [1.82, 2.24) is 4.90 Å². The number of carbonyl (C=O) groups is 3. The monoisotopic (exact) mass is 631 g/mol. The van der Waals surface area contributed by atoms with E-state index >= 15 is 0 Å². The van der Waals surface area contributed by atoms with Crippen LogP contribution in [-0.2, 0) is 19.1 Å². The molecule has 3 fully saturated rings. The van der Waals surface area contributed by atoms with E-state index in [9.17, 15) is 19.5 Å². The van der Waals surface area contributed by atoms with Gasteiger partial charge in [0.1, 0.15) is 23.1 Å². The molecule has 2 unspecified atom stereocenters. The lowest BCUT2D eigenvalue weighted by Gasteiger charge is -2.37. The number of aliphatic hydroxyl groups is 1. The zero-order chi connectivity index (χ0) is 33.1. The van der Waals surface area contributed by atoms with E-state index in [4.69, 9.17) is 14.2 Å². The molecule has 3 aliphatic heterocycles. The van der Waals surface area contributed by atoms with Crippen LogP contribution in [0.2, 0.25) is 0 Å². The van der Waals surface area contributed by atoms with Crippen LogP contribution in [0.1, 0.15) is 39.5 Å². The highest BCUT2D eigenvalue weighted by Crippen LogP contribution is 2.63. The zero-order valence-electron chi connectivity index (χ0n) is 27.0. The molecule has 2 aromatic carbocycles. The van der Waals surface area contributed by atoms with Crippen LogP contribution in [0, 0.1) is 11.8 Å². The summed E-state index contributed by atoms with van der Waals surface area (Å²) in [6, 6.07) is 13.5. The molecule has 1 spiro atoms. The van der Waals surface area contributed by atoms with Crippen LogP contribution < -0.4 is 19.3 Å². The van der Waals surface area contributed by atoms with E-state index in [0.29, 0.717) is 55.2 Å². The Kier molecular flexibility index (Phi) is 9.88. The van der Waals surface area contributed by atoms with E-state index in [1.54, 1.807) is 58.2 Å². The third-order valence-corrected chi connectivity index (χ3v) is 9.58. The van der Waals surface area contributed by atoms with Crippen LogP contribution in [0.3, 0.4) is 0 Å². The van der Waals surface area contributed by atoms with Gasteiger partial charge < -0.3 is 34.0 Å². The second-order valence-electron chi connectivity index (χ2n) is 12.3. The fourth-order valence-corrected chi connectivity index (χ4v) is 7.59. The number of methoxy groups -OCH3 is 1. The van der Waals surface area contributed by atoms with Gasteiger partial charge in [-0.05, 0) is 88.1 Å². The maximum Gasteiger partial charge on any atom is 0.253 e. The van der Waals surface area contributed by atoms with Crippen molar-refractivity contribution in [3.63, 3.8) is 0 Å². The average Bonchev–Trinajstić information content (AvgIpc) is 3.63. The topological polar surface area (TPSA) is 109 Å². The predicted octanol–water partition coefficient (Wildman–Crippen LogP) is 4.37. The van der Waals surface area contributed by atoms with Gasteiger partial charge in [0.15, 0.2) is 0 Å². The zero-order valence-corrected chi connectivity index (χ0v) is 27.0. The SMILES string of the molecule is C=CCN(C(=O)C1N(CCCCO)C(=O)[C@@H]2[C@@H](C(=O)N(CC=C)c3ccc(OCC)cc3)[C@@]3(C)CCC12O3)c1ccc(OC)cc1. The number of aliphatic hydroxyl groups excluding tert-OH is 1. The summed E-state index contributed by atoms with van der Waals surface area (Å²) < 4.78 is 17.8. The Balaban J connectivity index is 1.55. The van der Waals surface area contributed by atoms with Crippen molar-refractivity contribution < 1.29 is 33.7 Å². The highest BCUT2D eigenvalue weighted by atomic mass is 16.5. The Morgan fingerprint density at radius 3 is 2.11 bits per heavy atom. The van der Waals surface area contributed by atoms with Gasteiger partial charge in [0.05, 0.1) is 31.2 Å². The van der Waals surface area contributed by atoms with Gasteiger partial charge >= 0.3 is 0 Å². The van der Waals surface area contributed by atoms with Gasteiger partial charge in [-0.2, -0.15) is 0 Å². The molecule has 1 N–H and O–H groups in total. The van der Waals surface area contributed by atoms with Crippen LogP contribution in [-0.4, -0.2) is 84.9 Å². The normalized spacial score (nSPS) is 26.0. The van der Waals surface area contributed by atoms with Crippen LogP contribution in [0.5, 0.6) is 11.5 Å². The maximum absolute atomic E-state index is 14.7. The predicted molar refractivity (Wildman–Crippen MR) is 176 cm³/mol. The lowest BCUT2D eigenvalue weighted by molar-refractivity contribution is -0.144. The molecule has 10 heteroatoms. The standard InChI is InChI=1S/C36H45N3O7/c1-6-21-37(25-13-17-28(18-14-25)45-8-3)32(41)29-30-33(42)39(23-9-10-24-40)31(36(30)20-19-35(29,4)46-36)34(43)38(22-7-2)26-11-15-27(44-5)16-12-26/h6-7,11-18,29-31,40H,1-2,8-10,19-24H2,3-5H3/t29-,30-,31?,35+,36?/m0/s1. The molecule has 0 aliphatic carbocycles. The van der Waals surface area contributed by atoms with Crippen LogP contribution in [0.15, 0.2) is 73.8 Å². The maximum atomic E-state index is 14.7. The lowest BCUT2D eigenvalue weighted by atomic mass is 9.66. The fourth-order valence-electron chi connectivity index (χ4n) is 7.59. The Morgan fingerprint density at radius 1 is 0.978 bits per heavy atom. The van der Waals surface area contributed by atoms with Crippen molar-refractivity contribution >= 4 is 29.1 Å². The van der Waals surface area contributed by atoms with Gasteiger partial charge in [-0.3, -0.25) is 14.4 Å². The summed E-state index contributed by atoms with van der Waals surface area (Å²) in [5.41, 5.74) is -0.843. The molecule has 5 atom stereocenters. The molecule has 3 amide bonds. The number of fused-ring (bicyclic) bond motifs is 1. The van der Waals surface area contributed by atoms with E-state index in [2.05, 4.69) is 13.2 Å². The van der Waals surface area contributed by atoms with Gasteiger partial charge in [0.25, 0.3) is 5.91 Å². The van der Waals surface area contributed by atoms with Crippen molar-refractivity contribution in [2.75, 3.05) is 49.8 Å². The first kappa shape index (κ1) is 33.2. The molecule has 246 valence electrons. The molecule has 2 bridgehead atoms. The third-order valence-electron chi connectivity index (χ3n) is 9.58. The minimum atomic E-state index is -1.19. The van der Waals surface area contributed by atoms with Crippen molar-refractivity contribution in [3.8, 4) is 11.5 Å². The molecule has 3 heterocycles. The Bertz CT molecular complexity index is 1440. The van der Waals surface area contributed by atoms with Crippen molar-refractivity contribution in [2.45, 2.75) is 56.8 Å². The van der Waals surface area contributed by atoms with E-state index in [-0.39, 0.29) is 44.0 Å². The summed E-state index contributed by atoms with van der Waals surface area (Å²) in [5, 5.41) is 9.52. The first-order valence-electron chi connectivity index (χ1n) is 16.0. The van der Waals surface area contributed by atoms with Crippen molar-refractivity contribution in [1.29, 1.82) is 0 Å². The lowest BCUT2D eigenvalue weighted by Crippen LogP contribution is -2.56. The number of nitrogens with zero attached hydrogens (tertiary/aromatic N) is 3. The molecule has 2 aromatic rings. The molecule has 0 radical (unpaired) electrons. The molecular weight excluding hydrogens is 586 g/mol. The van der Waals surface area contributed by atoms with E-state index in [1.807, 2.05) is 38.1 Å². The van der Waals surface area contributed by atoms with Crippen molar-refractivity contribution in [3.05, 3.63) is 73.8 Å². The minimum Gasteiger partial charge on any atom is -0.497 e. The van der Waals surface area contributed by atoms with Gasteiger partial charge in [0, 0.05) is 37.6 Å². The fraction of sp³-hybridized carbons (Fsp3) is 0.472. The summed E-state index contributed by atoms with van der Waals surface area (Å²) in [5.74, 6) is -1.12. The smallest absolute Gasteiger partial charge is 0.253 e. The minimum absolute atomic E-state index is 0.0298. The van der Waals surface area contributed by atoms with Crippen LogP contribution in [0.4, 0.5) is 11.4 Å². The quantitative estimate of drug-likeness (QED) is 0.230. The Hall–Kier alpha value is -4.15. The van der Waals surface area contributed by atoms with Gasteiger partial charge in [0.2, 0.25) is 11.8 Å². The summed E-state index contributed by atoms with van der Waals surface area (Å²) in [7, 11) is 1.58. The molecular formula is C36H45N3O7. The number of amides is 3. The molecule has 10 nitrogen and oxygen atoms in total. The highest BCUT2D eigenvalue weighted by molar-refractivity contribution is 6.06. The first-order valence-corrected chi connectivity index (χ1v) is 16.0. The molecule has 5 rings (SSSR count). The summed E-state index contributed by atoms with van der Waals surface area (Å²) in [6.45, 7) is 12.8. The Labute approximate surface area is 271 Å². The first-order chi connectivity index (χ1) is 22.2. The van der Waals surface area contributed by atoms with Gasteiger partial charge in [-0.25, -0.2) is 0 Å². The van der Waals surface area contributed by atoms with Gasteiger partial charge in [-0.1, -0.05) is 12.2 Å². The molecule has 0 saturated carbocycles. The number of benzene rings is 2. The Morgan fingerprint density at radius 2 is 1.57 bits per heavy atom. The number of anilines is 2. The third kappa shape index (κ3) is 5.69. The molecule has 3 aliphatic rings. The van der Waals surface area contributed by atoms with Crippen LogP contribution in [0.25, 0.3) is 0 Å². The van der Waals surface area contributed by atoms with E-state index in [1.165, 1.54) is 0 Å². The number of rotatable bonds is 15. The van der Waals surface area contributed by atoms with E-state index < -0.39 is 29.1 Å².